The zero-order valence-electron chi connectivity index (χ0n) is 21.5. The van der Waals surface area contributed by atoms with E-state index < -0.39 is 0 Å². The Bertz CT molecular complexity index is 1210. The van der Waals surface area contributed by atoms with Crippen LogP contribution in [0.2, 0.25) is 0 Å². The number of benzene rings is 3. The first-order valence-corrected chi connectivity index (χ1v) is 13.0. The van der Waals surface area contributed by atoms with Crippen molar-refractivity contribution in [2.24, 2.45) is 0 Å². The number of hydrogen-bond acceptors (Lipinski definition) is 6. The summed E-state index contributed by atoms with van der Waals surface area (Å²) in [5.74, 6) is 1.47. The molecule has 8 heteroatoms. The molecule has 2 amide bonds. The van der Waals surface area contributed by atoms with Gasteiger partial charge in [0.2, 0.25) is 5.91 Å². The van der Waals surface area contributed by atoms with E-state index in [1.54, 1.807) is 4.90 Å². The van der Waals surface area contributed by atoms with Gasteiger partial charge in [0.15, 0.2) is 0 Å². The van der Waals surface area contributed by atoms with Gasteiger partial charge >= 0.3 is 6.09 Å². The van der Waals surface area contributed by atoms with Crippen LogP contribution in [-0.4, -0.2) is 55.3 Å². The van der Waals surface area contributed by atoms with Gasteiger partial charge in [-0.15, -0.1) is 0 Å². The molecule has 1 atom stereocenters. The number of piperidine rings is 1. The lowest BCUT2D eigenvalue weighted by Crippen LogP contribution is -2.42. The molecule has 2 aliphatic rings. The summed E-state index contributed by atoms with van der Waals surface area (Å²) in [7, 11) is 0. The van der Waals surface area contributed by atoms with Crippen molar-refractivity contribution in [3.63, 3.8) is 0 Å². The average molecular weight is 516 g/mol. The molecule has 5 rings (SSSR count). The van der Waals surface area contributed by atoms with Crippen molar-refractivity contribution < 1.29 is 23.8 Å². The molecule has 2 heterocycles. The van der Waals surface area contributed by atoms with E-state index in [1.165, 1.54) is 6.92 Å². The van der Waals surface area contributed by atoms with Crippen LogP contribution in [0, 0.1) is 0 Å². The highest BCUT2D eigenvalue weighted by Gasteiger charge is 2.34. The molecule has 0 saturated carbocycles. The van der Waals surface area contributed by atoms with Crippen molar-refractivity contribution in [2.45, 2.75) is 38.6 Å². The summed E-state index contributed by atoms with van der Waals surface area (Å²) >= 11 is 0. The fourth-order valence-corrected chi connectivity index (χ4v) is 4.80. The van der Waals surface area contributed by atoms with Crippen LogP contribution in [0.1, 0.15) is 25.3 Å². The first-order valence-electron chi connectivity index (χ1n) is 13.0. The molecule has 0 bridgehead atoms. The summed E-state index contributed by atoms with van der Waals surface area (Å²) in [6, 6.07) is 25.0. The van der Waals surface area contributed by atoms with Crippen LogP contribution in [0.15, 0.2) is 78.9 Å². The van der Waals surface area contributed by atoms with E-state index in [0.29, 0.717) is 19.7 Å². The number of carbonyl (C=O) groups is 2. The van der Waals surface area contributed by atoms with Crippen LogP contribution in [0.3, 0.4) is 0 Å². The summed E-state index contributed by atoms with van der Waals surface area (Å²) in [4.78, 5) is 27.8. The maximum absolute atomic E-state index is 12.6. The van der Waals surface area contributed by atoms with Gasteiger partial charge in [0.25, 0.3) is 0 Å². The number of cyclic esters (lactones) is 1. The highest BCUT2D eigenvalue weighted by molar-refractivity contribution is 5.90. The number of likely N-dealkylation sites (tertiary alicyclic amines) is 1. The zero-order valence-corrected chi connectivity index (χ0v) is 21.5. The topological polar surface area (TPSA) is 80.3 Å². The van der Waals surface area contributed by atoms with Gasteiger partial charge in [-0.1, -0.05) is 30.3 Å². The van der Waals surface area contributed by atoms with Crippen molar-refractivity contribution in [3.05, 3.63) is 84.4 Å². The molecule has 2 fully saturated rings. The molecule has 3 aromatic carbocycles. The van der Waals surface area contributed by atoms with E-state index in [-0.39, 0.29) is 24.2 Å². The predicted molar refractivity (Wildman–Crippen MR) is 146 cm³/mol. The standard InChI is InChI=1S/C30H33N3O5/c1-22(34)31-24-7-11-27(12-8-24)37-28-15-17-32(18-16-28)19-29-20-33(30(35)38-29)25-9-13-26(14-10-25)36-21-23-5-3-2-4-6-23/h2-14,28-29H,15-21H2,1H3,(H,31,34)/t29-/m1/s1. The quantitative estimate of drug-likeness (QED) is 0.428. The molecule has 2 aliphatic heterocycles. The van der Waals surface area contributed by atoms with Crippen LogP contribution in [0.5, 0.6) is 11.5 Å². The van der Waals surface area contributed by atoms with Crippen molar-refractivity contribution >= 4 is 23.4 Å². The first kappa shape index (κ1) is 25.6. The molecule has 0 spiro atoms. The van der Waals surface area contributed by atoms with Crippen LogP contribution >= 0.6 is 0 Å². The van der Waals surface area contributed by atoms with E-state index >= 15 is 0 Å². The van der Waals surface area contributed by atoms with E-state index in [9.17, 15) is 9.59 Å². The van der Waals surface area contributed by atoms with Crippen LogP contribution in [0.25, 0.3) is 0 Å². The highest BCUT2D eigenvalue weighted by Crippen LogP contribution is 2.26. The Balaban J connectivity index is 1.05. The lowest BCUT2D eigenvalue weighted by Gasteiger charge is -2.33. The predicted octanol–water partition coefficient (Wildman–Crippen LogP) is 5.09. The third kappa shape index (κ3) is 6.83. The molecular formula is C30H33N3O5. The van der Waals surface area contributed by atoms with E-state index in [2.05, 4.69) is 10.2 Å². The molecule has 0 radical (unpaired) electrons. The number of ether oxygens (including phenoxy) is 3. The molecule has 198 valence electrons. The molecule has 0 aliphatic carbocycles. The van der Waals surface area contributed by atoms with Crippen molar-refractivity contribution in [2.75, 3.05) is 36.4 Å². The summed E-state index contributed by atoms with van der Waals surface area (Å²) < 4.78 is 17.7. The number of amides is 2. The van der Waals surface area contributed by atoms with Crippen LogP contribution in [0.4, 0.5) is 16.2 Å². The van der Waals surface area contributed by atoms with Gasteiger partial charge in [-0.05, 0) is 66.9 Å². The second kappa shape index (κ2) is 12.0. The second-order valence-corrected chi connectivity index (χ2v) is 9.71. The summed E-state index contributed by atoms with van der Waals surface area (Å²) in [6.45, 7) is 4.99. The normalized spacial score (nSPS) is 18.2. The Morgan fingerprint density at radius 1 is 0.947 bits per heavy atom. The molecule has 0 aromatic heterocycles. The van der Waals surface area contributed by atoms with Crippen LogP contribution in [-0.2, 0) is 16.1 Å². The number of nitrogens with one attached hydrogen (secondary N) is 1. The maximum atomic E-state index is 12.6. The molecule has 2 saturated heterocycles. The minimum Gasteiger partial charge on any atom is -0.490 e. The van der Waals surface area contributed by atoms with E-state index in [4.69, 9.17) is 14.2 Å². The van der Waals surface area contributed by atoms with Crippen molar-refractivity contribution in [3.8, 4) is 11.5 Å². The Morgan fingerprint density at radius 3 is 2.32 bits per heavy atom. The SMILES string of the molecule is CC(=O)Nc1ccc(OC2CCN(C[C@@H]3CN(c4ccc(OCc5ccccc5)cc4)C(=O)O3)CC2)cc1. The highest BCUT2D eigenvalue weighted by atomic mass is 16.6. The molecule has 3 aromatic rings. The molecule has 0 unspecified atom stereocenters. The average Bonchev–Trinajstić information content (AvgIpc) is 3.30. The Labute approximate surface area is 223 Å². The number of carbonyl (C=O) groups excluding carboxylic acids is 2. The summed E-state index contributed by atoms with van der Waals surface area (Å²) in [6.07, 6.45) is 1.47. The molecule has 8 nitrogen and oxygen atoms in total. The lowest BCUT2D eigenvalue weighted by atomic mass is 10.1. The third-order valence-electron chi connectivity index (χ3n) is 6.74. The maximum Gasteiger partial charge on any atom is 0.414 e. The van der Waals surface area contributed by atoms with Gasteiger partial charge in [-0.25, -0.2) is 4.79 Å². The third-order valence-corrected chi connectivity index (χ3v) is 6.74. The molecular weight excluding hydrogens is 482 g/mol. The van der Waals surface area contributed by atoms with Gasteiger partial charge in [0.05, 0.1) is 6.54 Å². The fourth-order valence-electron chi connectivity index (χ4n) is 4.80. The summed E-state index contributed by atoms with van der Waals surface area (Å²) in [5, 5.41) is 2.76. The van der Waals surface area contributed by atoms with E-state index in [1.807, 2.05) is 78.9 Å². The number of nitrogens with zero attached hydrogens (tertiary/aromatic N) is 2. The van der Waals surface area contributed by atoms with Crippen molar-refractivity contribution in [1.82, 2.24) is 4.90 Å². The second-order valence-electron chi connectivity index (χ2n) is 9.71. The van der Waals surface area contributed by atoms with E-state index in [0.717, 1.165) is 54.4 Å². The minimum absolute atomic E-state index is 0.0934. The largest absolute Gasteiger partial charge is 0.490 e. The van der Waals surface area contributed by atoms with Gasteiger partial charge in [-0.3, -0.25) is 14.6 Å². The summed E-state index contributed by atoms with van der Waals surface area (Å²) in [5.41, 5.74) is 2.67. The Hall–Kier alpha value is -4.04. The minimum atomic E-state index is -0.311. The first-order chi connectivity index (χ1) is 18.5. The van der Waals surface area contributed by atoms with Crippen molar-refractivity contribution in [1.29, 1.82) is 0 Å². The lowest BCUT2D eigenvalue weighted by molar-refractivity contribution is -0.114. The van der Waals surface area contributed by atoms with Gasteiger partial charge in [0, 0.05) is 37.9 Å². The van der Waals surface area contributed by atoms with Gasteiger partial charge < -0.3 is 19.5 Å². The fraction of sp³-hybridized carbons (Fsp3) is 0.333. The zero-order chi connectivity index (χ0) is 26.3. The monoisotopic (exact) mass is 515 g/mol. The number of rotatable bonds is 9. The van der Waals surface area contributed by atoms with Crippen LogP contribution < -0.4 is 19.7 Å². The Morgan fingerprint density at radius 2 is 1.63 bits per heavy atom. The smallest absolute Gasteiger partial charge is 0.414 e. The Kier molecular flexibility index (Phi) is 8.09. The molecule has 1 N–H and O–H groups in total. The number of anilines is 2. The number of hydrogen-bond donors (Lipinski definition) is 1. The van der Waals surface area contributed by atoms with Gasteiger partial charge in [0.1, 0.15) is 30.3 Å². The molecule has 38 heavy (non-hydrogen) atoms. The van der Waals surface area contributed by atoms with Gasteiger partial charge in [-0.2, -0.15) is 0 Å².